The molecule has 5 aromatic rings. The molecule has 2 heteroatoms. The molecule has 0 aliphatic rings. The molecular weight excluding hydrogens is 358 g/mol. The van der Waals surface area contributed by atoms with Crippen molar-refractivity contribution in [2.45, 2.75) is 46.0 Å². The lowest BCUT2D eigenvalue weighted by Crippen LogP contribution is -1.96. The van der Waals surface area contributed by atoms with Gasteiger partial charge in [0.25, 0.3) is 0 Å². The molecule has 0 aliphatic heterocycles. The molecule has 0 unspecified atom stereocenters. The van der Waals surface area contributed by atoms with Crippen molar-refractivity contribution in [1.82, 2.24) is 4.57 Å². The third kappa shape index (κ3) is 2.74. The Morgan fingerprint density at radius 2 is 1.50 bits per heavy atom. The molecule has 0 saturated heterocycles. The molecule has 0 radical (unpaired) electrons. The first-order valence-corrected chi connectivity index (χ1v) is 11.3. The third-order valence-corrected chi connectivity index (χ3v) is 7.28. The summed E-state index contributed by atoms with van der Waals surface area (Å²) >= 11 is 1.91. The predicted molar refractivity (Wildman–Crippen MR) is 126 cm³/mol. The second-order valence-electron chi connectivity index (χ2n) is 8.11. The molecular formula is C26H27NS. The number of fused-ring (bicyclic) bond motifs is 7. The summed E-state index contributed by atoms with van der Waals surface area (Å²) in [6.45, 7) is 4.48. The van der Waals surface area contributed by atoms with Crippen LogP contribution in [0.15, 0.2) is 48.5 Å². The first kappa shape index (κ1) is 17.8. The van der Waals surface area contributed by atoms with Gasteiger partial charge < -0.3 is 4.57 Å². The highest BCUT2D eigenvalue weighted by Crippen LogP contribution is 2.38. The Morgan fingerprint density at radius 3 is 2.32 bits per heavy atom. The van der Waals surface area contributed by atoms with Crippen LogP contribution < -0.4 is 0 Å². The zero-order valence-corrected chi connectivity index (χ0v) is 17.8. The van der Waals surface area contributed by atoms with Gasteiger partial charge in [-0.15, -0.1) is 11.3 Å². The minimum atomic E-state index is 1.18. The van der Waals surface area contributed by atoms with E-state index in [1.54, 1.807) is 0 Å². The van der Waals surface area contributed by atoms with Crippen molar-refractivity contribution in [3.05, 3.63) is 59.1 Å². The molecule has 0 fully saturated rings. The fraction of sp³-hybridized carbons (Fsp3) is 0.308. The van der Waals surface area contributed by atoms with E-state index in [0.29, 0.717) is 0 Å². The summed E-state index contributed by atoms with van der Waals surface area (Å²) in [6.07, 6.45) is 6.43. The minimum Gasteiger partial charge on any atom is -0.347 e. The Labute approximate surface area is 170 Å². The molecule has 2 heterocycles. The van der Waals surface area contributed by atoms with Crippen LogP contribution in [0.25, 0.3) is 42.5 Å². The highest BCUT2D eigenvalue weighted by molar-refractivity contribution is 7.20. The number of benzene rings is 3. The van der Waals surface area contributed by atoms with E-state index in [1.165, 1.54) is 85.2 Å². The largest absolute Gasteiger partial charge is 0.347 e. The van der Waals surface area contributed by atoms with E-state index in [2.05, 4.69) is 74.0 Å². The Hall–Kier alpha value is -2.32. The smallest absolute Gasteiger partial charge is 0.0559 e. The summed E-state index contributed by atoms with van der Waals surface area (Å²) < 4.78 is 3.85. The summed E-state index contributed by atoms with van der Waals surface area (Å²) in [4.78, 5) is 1.38. The molecule has 2 aromatic heterocycles. The van der Waals surface area contributed by atoms with Crippen LogP contribution in [0, 0.1) is 6.92 Å². The molecule has 0 saturated carbocycles. The number of rotatable bonds is 5. The van der Waals surface area contributed by atoms with E-state index in [-0.39, 0.29) is 0 Å². The summed E-state index contributed by atoms with van der Waals surface area (Å²) in [5, 5.41) is 8.24. The minimum absolute atomic E-state index is 1.18. The number of aromatic nitrogens is 1. The average molecular weight is 386 g/mol. The molecule has 0 spiro atoms. The molecule has 5 rings (SSSR count). The Kier molecular flexibility index (Phi) is 4.40. The molecule has 0 atom stereocenters. The zero-order valence-electron chi connectivity index (χ0n) is 17.0. The highest BCUT2D eigenvalue weighted by Gasteiger charge is 2.12. The first-order chi connectivity index (χ1) is 13.7. The summed E-state index contributed by atoms with van der Waals surface area (Å²) in [6, 6.07) is 18.6. The number of thiophene rings is 1. The second kappa shape index (κ2) is 6.93. The Bertz CT molecular complexity index is 1320. The van der Waals surface area contributed by atoms with Gasteiger partial charge in [-0.05, 0) is 48.1 Å². The fourth-order valence-corrected chi connectivity index (χ4v) is 5.77. The van der Waals surface area contributed by atoms with Gasteiger partial charge in [-0.3, -0.25) is 0 Å². The SMILES string of the molecule is CCCCCCc1cc2ccc3c4ccc5cc(C)sc5c4ccc3c2n1C. The van der Waals surface area contributed by atoms with Crippen molar-refractivity contribution in [3.63, 3.8) is 0 Å². The van der Waals surface area contributed by atoms with Crippen LogP contribution in [0.4, 0.5) is 0 Å². The zero-order chi connectivity index (χ0) is 19.3. The molecule has 0 aliphatic carbocycles. The predicted octanol–water partition coefficient (Wildman–Crippen LogP) is 8.13. The van der Waals surface area contributed by atoms with E-state index in [0.717, 1.165) is 0 Å². The van der Waals surface area contributed by atoms with Gasteiger partial charge in [0.05, 0.1) is 5.52 Å². The summed E-state index contributed by atoms with van der Waals surface area (Å²) in [5.41, 5.74) is 2.84. The maximum atomic E-state index is 2.43. The molecule has 3 aromatic carbocycles. The van der Waals surface area contributed by atoms with Crippen LogP contribution in [0.5, 0.6) is 0 Å². The van der Waals surface area contributed by atoms with Gasteiger partial charge in [0.15, 0.2) is 0 Å². The standard InChI is InChI=1S/C26H27NS/c1-4-5-6-7-8-20-16-18-9-11-21-22-12-10-19-15-17(2)28-26(19)24(22)14-13-23(21)25(18)27(20)3/h9-16H,4-8H2,1-3H3. The number of nitrogens with zero attached hydrogens (tertiary/aromatic N) is 1. The van der Waals surface area contributed by atoms with Crippen LogP contribution in [0.2, 0.25) is 0 Å². The normalized spacial score (nSPS) is 12.1. The van der Waals surface area contributed by atoms with Crippen molar-refractivity contribution in [3.8, 4) is 0 Å². The topological polar surface area (TPSA) is 4.93 Å². The third-order valence-electron chi connectivity index (χ3n) is 6.18. The molecule has 0 bridgehead atoms. The maximum absolute atomic E-state index is 2.43. The average Bonchev–Trinajstić information content (AvgIpc) is 3.24. The monoisotopic (exact) mass is 385 g/mol. The van der Waals surface area contributed by atoms with Gasteiger partial charge >= 0.3 is 0 Å². The lowest BCUT2D eigenvalue weighted by atomic mass is 9.99. The second-order valence-corrected chi connectivity index (χ2v) is 9.36. The Balaban J connectivity index is 1.70. The van der Waals surface area contributed by atoms with Crippen molar-refractivity contribution in [1.29, 1.82) is 0 Å². The van der Waals surface area contributed by atoms with E-state index < -0.39 is 0 Å². The lowest BCUT2D eigenvalue weighted by molar-refractivity contribution is 0.651. The van der Waals surface area contributed by atoms with Gasteiger partial charge in [-0.25, -0.2) is 0 Å². The Morgan fingerprint density at radius 1 is 0.786 bits per heavy atom. The molecule has 1 nitrogen and oxygen atoms in total. The van der Waals surface area contributed by atoms with E-state index in [1.807, 2.05) is 11.3 Å². The van der Waals surface area contributed by atoms with Gasteiger partial charge in [-0.2, -0.15) is 0 Å². The molecule has 142 valence electrons. The quantitative estimate of drug-likeness (QED) is 0.212. The van der Waals surface area contributed by atoms with Crippen LogP contribution in [0.3, 0.4) is 0 Å². The lowest BCUT2D eigenvalue weighted by Gasteiger charge is -2.09. The van der Waals surface area contributed by atoms with E-state index in [9.17, 15) is 0 Å². The molecule has 0 amide bonds. The van der Waals surface area contributed by atoms with Crippen molar-refractivity contribution in [2.75, 3.05) is 0 Å². The fourth-order valence-electron chi connectivity index (χ4n) is 4.73. The van der Waals surface area contributed by atoms with Gasteiger partial charge in [0.2, 0.25) is 0 Å². The van der Waals surface area contributed by atoms with Gasteiger partial charge in [0, 0.05) is 38.5 Å². The highest BCUT2D eigenvalue weighted by atomic mass is 32.1. The van der Waals surface area contributed by atoms with Gasteiger partial charge in [0.1, 0.15) is 0 Å². The summed E-state index contributed by atoms with van der Waals surface area (Å²) in [5.74, 6) is 0. The first-order valence-electron chi connectivity index (χ1n) is 10.5. The van der Waals surface area contributed by atoms with Crippen molar-refractivity contribution in [2.24, 2.45) is 7.05 Å². The van der Waals surface area contributed by atoms with Crippen molar-refractivity contribution >= 4 is 53.9 Å². The summed E-state index contributed by atoms with van der Waals surface area (Å²) in [7, 11) is 2.24. The van der Waals surface area contributed by atoms with Crippen LogP contribution in [0.1, 0.15) is 43.2 Å². The maximum Gasteiger partial charge on any atom is 0.0559 e. The van der Waals surface area contributed by atoms with Gasteiger partial charge in [-0.1, -0.05) is 62.6 Å². The van der Waals surface area contributed by atoms with Crippen LogP contribution >= 0.6 is 11.3 Å². The van der Waals surface area contributed by atoms with Crippen LogP contribution in [-0.2, 0) is 13.5 Å². The number of hydrogen-bond donors (Lipinski definition) is 0. The molecule has 28 heavy (non-hydrogen) atoms. The molecule has 0 N–H and O–H groups in total. The van der Waals surface area contributed by atoms with E-state index >= 15 is 0 Å². The number of aryl methyl sites for hydroxylation is 3. The van der Waals surface area contributed by atoms with E-state index in [4.69, 9.17) is 0 Å². The number of hydrogen-bond acceptors (Lipinski definition) is 1. The number of unbranched alkanes of at least 4 members (excludes halogenated alkanes) is 3. The van der Waals surface area contributed by atoms with Crippen LogP contribution in [-0.4, -0.2) is 4.57 Å². The van der Waals surface area contributed by atoms with Crippen molar-refractivity contribution < 1.29 is 0 Å².